The SMILES string of the molecule is Cc1nc2cc(-c3nc4c(s3)CCC4)c(N[C@H]3CCN4C(=O)OC[C@@H]4C3)cc2c(=O)n1Cc1ccc(Cl)cc1. The molecule has 2 fully saturated rings. The van der Waals surface area contributed by atoms with E-state index in [-0.39, 0.29) is 23.7 Å². The number of halogens is 1. The Bertz CT molecular complexity index is 1640. The number of piperidine rings is 1. The van der Waals surface area contributed by atoms with Crippen LogP contribution in [-0.2, 0) is 24.1 Å². The van der Waals surface area contributed by atoms with Crippen molar-refractivity contribution in [2.75, 3.05) is 18.5 Å². The third-order valence-corrected chi connectivity index (χ3v) is 9.52. The van der Waals surface area contributed by atoms with Crippen LogP contribution < -0.4 is 10.9 Å². The molecule has 7 rings (SSSR count). The molecule has 8 nitrogen and oxygen atoms in total. The second-order valence-corrected chi connectivity index (χ2v) is 12.1. The summed E-state index contributed by atoms with van der Waals surface area (Å²) in [5, 5.41) is 5.93. The molecule has 2 aromatic carbocycles. The number of rotatable bonds is 5. The molecule has 4 aromatic rings. The van der Waals surface area contributed by atoms with E-state index in [2.05, 4.69) is 5.32 Å². The minimum atomic E-state index is -0.218. The Morgan fingerprint density at radius 3 is 2.82 bits per heavy atom. The van der Waals surface area contributed by atoms with Gasteiger partial charge in [-0.25, -0.2) is 14.8 Å². The summed E-state index contributed by atoms with van der Waals surface area (Å²) in [6, 6.07) is 11.7. The number of cyclic esters (lactones) is 1. The van der Waals surface area contributed by atoms with E-state index in [9.17, 15) is 9.59 Å². The van der Waals surface area contributed by atoms with Crippen LogP contribution in [0.5, 0.6) is 0 Å². The fraction of sp³-hybridized carbons (Fsp3) is 0.379. The van der Waals surface area contributed by atoms with Crippen LogP contribution in [0.2, 0.25) is 5.02 Å². The van der Waals surface area contributed by atoms with Crippen LogP contribution in [0.1, 0.15) is 41.2 Å². The summed E-state index contributed by atoms with van der Waals surface area (Å²) in [4.78, 5) is 38.8. The highest BCUT2D eigenvalue weighted by Crippen LogP contribution is 2.39. The molecule has 2 atom stereocenters. The minimum Gasteiger partial charge on any atom is -0.447 e. The van der Waals surface area contributed by atoms with Crippen LogP contribution in [0.25, 0.3) is 21.5 Å². The first-order valence-corrected chi connectivity index (χ1v) is 14.6. The van der Waals surface area contributed by atoms with Crippen molar-refractivity contribution in [3.8, 4) is 10.6 Å². The molecule has 2 saturated heterocycles. The van der Waals surface area contributed by atoms with E-state index in [0.717, 1.165) is 53.9 Å². The predicted molar refractivity (Wildman–Crippen MR) is 153 cm³/mol. The Hall–Kier alpha value is -3.43. The van der Waals surface area contributed by atoms with E-state index in [1.165, 1.54) is 10.6 Å². The molecule has 0 radical (unpaired) electrons. The van der Waals surface area contributed by atoms with Gasteiger partial charge in [-0.05, 0) is 68.9 Å². The van der Waals surface area contributed by atoms with Gasteiger partial charge in [0.25, 0.3) is 5.56 Å². The van der Waals surface area contributed by atoms with E-state index in [1.54, 1.807) is 15.9 Å². The highest BCUT2D eigenvalue weighted by atomic mass is 35.5. The normalized spacial score (nSPS) is 20.3. The van der Waals surface area contributed by atoms with E-state index in [4.69, 9.17) is 26.3 Å². The van der Waals surface area contributed by atoms with Gasteiger partial charge in [0.2, 0.25) is 0 Å². The van der Waals surface area contributed by atoms with E-state index in [0.29, 0.717) is 41.4 Å². The number of thiazole rings is 1. The van der Waals surface area contributed by atoms with Crippen molar-refractivity contribution in [1.29, 1.82) is 0 Å². The first-order valence-electron chi connectivity index (χ1n) is 13.4. The molecule has 0 saturated carbocycles. The van der Waals surface area contributed by atoms with Crippen molar-refractivity contribution in [3.05, 3.63) is 73.7 Å². The fourth-order valence-electron chi connectivity index (χ4n) is 5.99. The summed E-state index contributed by atoms with van der Waals surface area (Å²) in [7, 11) is 0. The van der Waals surface area contributed by atoms with E-state index >= 15 is 0 Å². The van der Waals surface area contributed by atoms with Gasteiger partial charge in [-0.1, -0.05) is 23.7 Å². The number of hydrogen-bond acceptors (Lipinski definition) is 7. The monoisotopic (exact) mass is 561 g/mol. The van der Waals surface area contributed by atoms with Crippen molar-refractivity contribution in [3.63, 3.8) is 0 Å². The van der Waals surface area contributed by atoms with E-state index in [1.807, 2.05) is 48.2 Å². The zero-order valence-corrected chi connectivity index (χ0v) is 23.1. The van der Waals surface area contributed by atoms with E-state index < -0.39 is 0 Å². The van der Waals surface area contributed by atoms with Gasteiger partial charge in [-0.3, -0.25) is 9.36 Å². The molecule has 10 heteroatoms. The molecule has 0 unspecified atom stereocenters. The zero-order chi connectivity index (χ0) is 26.7. The van der Waals surface area contributed by atoms with Gasteiger partial charge in [0, 0.05) is 33.7 Å². The van der Waals surface area contributed by atoms with Gasteiger partial charge >= 0.3 is 6.09 Å². The number of hydrogen-bond donors (Lipinski definition) is 1. The average molecular weight is 562 g/mol. The maximum absolute atomic E-state index is 13.8. The zero-order valence-electron chi connectivity index (χ0n) is 21.6. The molecule has 39 heavy (non-hydrogen) atoms. The maximum atomic E-state index is 13.8. The first-order chi connectivity index (χ1) is 18.9. The van der Waals surface area contributed by atoms with Crippen molar-refractivity contribution in [1.82, 2.24) is 19.4 Å². The van der Waals surface area contributed by atoms with Gasteiger partial charge in [0.15, 0.2) is 0 Å². The number of benzene rings is 2. The van der Waals surface area contributed by atoms with Gasteiger partial charge < -0.3 is 15.0 Å². The highest BCUT2D eigenvalue weighted by Gasteiger charge is 2.38. The number of nitrogens with one attached hydrogen (secondary N) is 1. The Labute approximate surface area is 234 Å². The lowest BCUT2D eigenvalue weighted by Crippen LogP contribution is -2.45. The Morgan fingerprint density at radius 1 is 1.15 bits per heavy atom. The number of aryl methyl sites for hydroxylation is 3. The molecule has 1 N–H and O–H groups in total. The molecule has 1 aliphatic carbocycles. The summed E-state index contributed by atoms with van der Waals surface area (Å²) in [6.45, 7) is 3.38. The molecule has 0 bridgehead atoms. The number of carbonyl (C=O) groups excluding carboxylic acids is 1. The molecule has 2 aliphatic heterocycles. The number of nitrogens with zero attached hydrogens (tertiary/aromatic N) is 4. The van der Waals surface area contributed by atoms with Crippen molar-refractivity contribution in [2.45, 2.75) is 57.7 Å². The van der Waals surface area contributed by atoms with Crippen molar-refractivity contribution < 1.29 is 9.53 Å². The van der Waals surface area contributed by atoms with Crippen LogP contribution in [0.15, 0.2) is 41.2 Å². The molecular weight excluding hydrogens is 534 g/mol. The summed E-state index contributed by atoms with van der Waals surface area (Å²) < 4.78 is 6.99. The number of fused-ring (bicyclic) bond motifs is 3. The quantitative estimate of drug-likeness (QED) is 0.350. The standard InChI is InChI=1S/C29H28ClN5O3S/c1-16-31-25-12-21(27-33-23-3-2-4-26(23)39-27)24(32-19-9-10-34-20(11-19)15-38-29(34)37)13-22(25)28(36)35(16)14-17-5-7-18(30)8-6-17/h5-8,12-13,19-20,32H,2-4,9-11,14-15H2,1H3/t19-,20-/m0/s1. The van der Waals surface area contributed by atoms with Crippen LogP contribution in [0, 0.1) is 6.92 Å². The second-order valence-electron chi connectivity index (χ2n) is 10.6. The lowest BCUT2D eigenvalue weighted by atomic mass is 9.97. The van der Waals surface area contributed by atoms with Gasteiger partial charge in [-0.2, -0.15) is 0 Å². The van der Waals surface area contributed by atoms with Gasteiger partial charge in [-0.15, -0.1) is 11.3 Å². The number of ether oxygens (including phenoxy) is 1. The molecule has 4 heterocycles. The lowest BCUT2D eigenvalue weighted by molar-refractivity contribution is 0.153. The largest absolute Gasteiger partial charge is 0.447 e. The summed E-state index contributed by atoms with van der Waals surface area (Å²) in [5.41, 5.74) is 4.64. The molecule has 1 amide bonds. The third-order valence-electron chi connectivity index (χ3n) is 8.07. The Kier molecular flexibility index (Phi) is 6.08. The molecule has 0 spiro atoms. The topological polar surface area (TPSA) is 89.4 Å². The average Bonchev–Trinajstić information content (AvgIpc) is 3.63. The number of anilines is 1. The van der Waals surface area contributed by atoms with Gasteiger partial charge in [0.05, 0.1) is 29.2 Å². The summed E-state index contributed by atoms with van der Waals surface area (Å²) >= 11 is 7.80. The second kappa shape index (κ2) is 9.64. The highest BCUT2D eigenvalue weighted by molar-refractivity contribution is 7.15. The summed E-state index contributed by atoms with van der Waals surface area (Å²) in [5.74, 6) is 0.661. The van der Waals surface area contributed by atoms with Crippen molar-refractivity contribution >= 4 is 45.6 Å². The number of carbonyl (C=O) groups is 1. The third kappa shape index (κ3) is 4.47. The van der Waals surface area contributed by atoms with Crippen LogP contribution >= 0.6 is 22.9 Å². The fourth-order valence-corrected chi connectivity index (χ4v) is 7.30. The minimum absolute atomic E-state index is 0.0757. The number of aromatic nitrogens is 3. The Morgan fingerprint density at radius 2 is 2.00 bits per heavy atom. The molecular formula is C29H28ClN5O3S. The predicted octanol–water partition coefficient (Wildman–Crippen LogP) is 5.41. The van der Waals surface area contributed by atoms with Crippen molar-refractivity contribution in [2.24, 2.45) is 0 Å². The maximum Gasteiger partial charge on any atom is 0.410 e. The smallest absolute Gasteiger partial charge is 0.410 e. The van der Waals surface area contributed by atoms with Crippen LogP contribution in [-0.4, -0.2) is 50.8 Å². The molecule has 3 aliphatic rings. The lowest BCUT2D eigenvalue weighted by Gasteiger charge is -2.33. The van der Waals surface area contributed by atoms with Crippen LogP contribution in [0.4, 0.5) is 10.5 Å². The first kappa shape index (κ1) is 24.6. The molecule has 2 aromatic heterocycles. The van der Waals surface area contributed by atoms with Gasteiger partial charge in [0.1, 0.15) is 17.4 Å². The Balaban J connectivity index is 1.30. The molecule has 200 valence electrons. The van der Waals surface area contributed by atoms with Crippen LogP contribution in [0.3, 0.4) is 0 Å². The summed E-state index contributed by atoms with van der Waals surface area (Å²) in [6.07, 6.45) is 4.64. The number of amides is 1.